The fraction of sp³-hybridized carbons (Fsp3) is 0.417. The Morgan fingerprint density at radius 3 is 2.57 bits per heavy atom. The molecule has 1 fully saturated rings. The van der Waals surface area contributed by atoms with Gasteiger partial charge in [-0.2, -0.15) is 0 Å². The summed E-state index contributed by atoms with van der Waals surface area (Å²) in [6, 6.07) is 9.96. The number of rotatable bonds is 3. The molecule has 0 amide bonds. The molecule has 1 aromatic carbocycles. The van der Waals surface area contributed by atoms with Crippen molar-refractivity contribution in [3.05, 3.63) is 35.9 Å². The first kappa shape index (κ1) is 9.25. The molecule has 0 bridgehead atoms. The molecule has 1 saturated carbocycles. The molecule has 0 aliphatic heterocycles. The third-order valence-electron chi connectivity index (χ3n) is 2.81. The van der Waals surface area contributed by atoms with Gasteiger partial charge >= 0.3 is 0 Å². The predicted octanol–water partition coefficient (Wildman–Crippen LogP) is 2.19. The molecule has 0 spiro atoms. The highest BCUT2D eigenvalue weighted by Crippen LogP contribution is 2.26. The van der Waals surface area contributed by atoms with E-state index in [2.05, 4.69) is 4.99 Å². The number of benzene rings is 1. The van der Waals surface area contributed by atoms with E-state index < -0.39 is 0 Å². The predicted molar refractivity (Wildman–Crippen MR) is 59.4 cm³/mol. The Kier molecular flexibility index (Phi) is 2.82. The minimum Gasteiger partial charge on any atom is -0.384 e. The monoisotopic (exact) mass is 188 g/mol. The average Bonchev–Trinajstić information content (AvgIpc) is 2.16. The molecule has 0 saturated heterocycles. The Hall–Kier alpha value is -1.31. The van der Waals surface area contributed by atoms with Gasteiger partial charge in [0.05, 0.1) is 0 Å². The lowest BCUT2D eigenvalue weighted by atomic mass is 9.86. The van der Waals surface area contributed by atoms with Gasteiger partial charge in [-0.3, -0.25) is 4.99 Å². The third-order valence-corrected chi connectivity index (χ3v) is 2.81. The van der Waals surface area contributed by atoms with Crippen molar-refractivity contribution in [1.29, 1.82) is 0 Å². The topological polar surface area (TPSA) is 38.4 Å². The van der Waals surface area contributed by atoms with Crippen LogP contribution in [0.5, 0.6) is 0 Å². The van der Waals surface area contributed by atoms with Crippen molar-refractivity contribution < 1.29 is 0 Å². The number of nitrogens with zero attached hydrogens (tertiary/aromatic N) is 1. The van der Waals surface area contributed by atoms with Crippen LogP contribution in [-0.2, 0) is 0 Å². The second-order valence-corrected chi connectivity index (χ2v) is 3.89. The summed E-state index contributed by atoms with van der Waals surface area (Å²) >= 11 is 0. The first-order valence-electron chi connectivity index (χ1n) is 5.21. The molecule has 14 heavy (non-hydrogen) atoms. The van der Waals surface area contributed by atoms with Crippen LogP contribution in [0.1, 0.15) is 24.8 Å². The molecule has 1 aliphatic carbocycles. The van der Waals surface area contributed by atoms with E-state index in [4.69, 9.17) is 5.73 Å². The van der Waals surface area contributed by atoms with E-state index in [1.54, 1.807) is 0 Å². The Morgan fingerprint density at radius 1 is 1.29 bits per heavy atom. The zero-order valence-electron chi connectivity index (χ0n) is 8.32. The third kappa shape index (κ3) is 2.13. The van der Waals surface area contributed by atoms with Crippen LogP contribution in [0.25, 0.3) is 0 Å². The van der Waals surface area contributed by atoms with Crippen LogP contribution < -0.4 is 5.73 Å². The average molecular weight is 188 g/mol. The quantitative estimate of drug-likeness (QED) is 0.573. The highest BCUT2D eigenvalue weighted by molar-refractivity contribution is 5.97. The normalized spacial score (nSPS) is 17.9. The summed E-state index contributed by atoms with van der Waals surface area (Å²) in [6.07, 6.45) is 4.02. The van der Waals surface area contributed by atoms with Gasteiger partial charge in [0, 0.05) is 12.1 Å². The molecule has 2 nitrogen and oxygen atoms in total. The van der Waals surface area contributed by atoms with Crippen molar-refractivity contribution in [3.63, 3.8) is 0 Å². The van der Waals surface area contributed by atoms with Gasteiger partial charge in [0.2, 0.25) is 0 Å². The van der Waals surface area contributed by atoms with Gasteiger partial charge in [-0.15, -0.1) is 0 Å². The van der Waals surface area contributed by atoms with Crippen LogP contribution in [0, 0.1) is 5.92 Å². The molecule has 74 valence electrons. The van der Waals surface area contributed by atoms with Crippen molar-refractivity contribution in [2.45, 2.75) is 19.3 Å². The van der Waals surface area contributed by atoms with Crippen LogP contribution in [0.15, 0.2) is 35.3 Å². The zero-order chi connectivity index (χ0) is 9.80. The van der Waals surface area contributed by atoms with Crippen molar-refractivity contribution in [1.82, 2.24) is 0 Å². The van der Waals surface area contributed by atoms with Gasteiger partial charge < -0.3 is 5.73 Å². The van der Waals surface area contributed by atoms with Gasteiger partial charge in [-0.05, 0) is 18.8 Å². The lowest BCUT2D eigenvalue weighted by molar-refractivity contribution is 0.326. The molecular formula is C12H16N2. The largest absolute Gasteiger partial charge is 0.384 e. The SMILES string of the molecule is NC(=NCC1CCC1)c1ccccc1. The van der Waals surface area contributed by atoms with E-state index in [1.165, 1.54) is 19.3 Å². The molecule has 2 heteroatoms. The lowest BCUT2D eigenvalue weighted by Crippen LogP contribution is -2.19. The number of amidine groups is 1. The van der Waals surface area contributed by atoms with Gasteiger partial charge in [0.25, 0.3) is 0 Å². The van der Waals surface area contributed by atoms with E-state index in [0.717, 1.165) is 18.0 Å². The van der Waals surface area contributed by atoms with E-state index in [0.29, 0.717) is 5.84 Å². The van der Waals surface area contributed by atoms with Crippen molar-refractivity contribution in [3.8, 4) is 0 Å². The summed E-state index contributed by atoms with van der Waals surface area (Å²) in [7, 11) is 0. The summed E-state index contributed by atoms with van der Waals surface area (Å²) in [6.45, 7) is 0.903. The molecule has 0 radical (unpaired) electrons. The van der Waals surface area contributed by atoms with Crippen LogP contribution in [0.3, 0.4) is 0 Å². The minimum absolute atomic E-state index is 0.678. The molecule has 1 aliphatic rings. The number of nitrogens with two attached hydrogens (primary N) is 1. The molecule has 2 N–H and O–H groups in total. The van der Waals surface area contributed by atoms with E-state index >= 15 is 0 Å². The summed E-state index contributed by atoms with van der Waals surface area (Å²) in [4.78, 5) is 4.41. The van der Waals surface area contributed by atoms with Crippen molar-refractivity contribution >= 4 is 5.84 Å². The van der Waals surface area contributed by atoms with Gasteiger partial charge in [-0.25, -0.2) is 0 Å². The van der Waals surface area contributed by atoms with Crippen LogP contribution in [0.4, 0.5) is 0 Å². The highest BCUT2D eigenvalue weighted by atomic mass is 14.9. The van der Waals surface area contributed by atoms with Crippen molar-refractivity contribution in [2.24, 2.45) is 16.6 Å². The van der Waals surface area contributed by atoms with Gasteiger partial charge in [0.15, 0.2) is 0 Å². The summed E-state index contributed by atoms with van der Waals surface area (Å²) < 4.78 is 0. The molecule has 2 rings (SSSR count). The second kappa shape index (κ2) is 4.27. The van der Waals surface area contributed by atoms with E-state index in [9.17, 15) is 0 Å². The van der Waals surface area contributed by atoms with Crippen LogP contribution in [0.2, 0.25) is 0 Å². The van der Waals surface area contributed by atoms with Crippen molar-refractivity contribution in [2.75, 3.05) is 6.54 Å². The van der Waals surface area contributed by atoms with Crippen LogP contribution >= 0.6 is 0 Å². The summed E-state index contributed by atoms with van der Waals surface area (Å²) in [5.41, 5.74) is 6.91. The molecule has 1 aromatic rings. The zero-order valence-corrected chi connectivity index (χ0v) is 8.32. The fourth-order valence-electron chi connectivity index (χ4n) is 1.60. The maximum atomic E-state index is 5.87. The van der Waals surface area contributed by atoms with E-state index in [1.807, 2.05) is 30.3 Å². The fourth-order valence-corrected chi connectivity index (χ4v) is 1.60. The Bertz CT molecular complexity index is 312. The maximum absolute atomic E-state index is 5.87. The Morgan fingerprint density at radius 2 is 2.00 bits per heavy atom. The number of aliphatic imine (C=N–C) groups is 1. The molecular weight excluding hydrogens is 172 g/mol. The van der Waals surface area contributed by atoms with Gasteiger partial charge in [-0.1, -0.05) is 36.8 Å². The van der Waals surface area contributed by atoms with Gasteiger partial charge in [0.1, 0.15) is 5.84 Å². The Balaban J connectivity index is 1.96. The molecule has 0 heterocycles. The summed E-state index contributed by atoms with van der Waals surface area (Å²) in [5, 5.41) is 0. The highest BCUT2D eigenvalue weighted by Gasteiger charge is 2.16. The smallest absolute Gasteiger partial charge is 0.125 e. The van der Waals surface area contributed by atoms with Crippen LogP contribution in [-0.4, -0.2) is 12.4 Å². The first-order chi connectivity index (χ1) is 6.86. The Labute approximate surface area is 84.9 Å². The number of hydrogen-bond acceptors (Lipinski definition) is 1. The maximum Gasteiger partial charge on any atom is 0.125 e. The molecule has 0 unspecified atom stereocenters. The second-order valence-electron chi connectivity index (χ2n) is 3.89. The molecule has 0 aromatic heterocycles. The first-order valence-corrected chi connectivity index (χ1v) is 5.21. The minimum atomic E-state index is 0.678. The lowest BCUT2D eigenvalue weighted by Gasteiger charge is -2.23. The summed E-state index contributed by atoms with van der Waals surface area (Å²) in [5.74, 6) is 1.47. The number of hydrogen-bond donors (Lipinski definition) is 1. The van der Waals surface area contributed by atoms with E-state index in [-0.39, 0.29) is 0 Å². The molecule has 0 atom stereocenters. The standard InChI is InChI=1S/C12H16N2/c13-12(11-7-2-1-3-8-11)14-9-10-5-4-6-10/h1-3,7-8,10H,4-6,9H2,(H2,13,14).